The number of carbonyl (C=O) groups is 3. The van der Waals surface area contributed by atoms with Crippen molar-refractivity contribution in [2.24, 2.45) is 0 Å². The zero-order chi connectivity index (χ0) is 30.3. The largest absolute Gasteiger partial charge is 0.381 e. The van der Waals surface area contributed by atoms with Crippen molar-refractivity contribution in [3.8, 4) is 0 Å². The van der Waals surface area contributed by atoms with Crippen molar-refractivity contribution < 1.29 is 24.2 Å². The average Bonchev–Trinajstić information content (AvgIpc) is 3.04. The molecular formula is C37H40O5. The molecule has 0 aliphatic heterocycles. The van der Waals surface area contributed by atoms with Gasteiger partial charge in [-0.2, -0.15) is 0 Å². The molecule has 4 aromatic carbocycles. The molecule has 0 saturated heterocycles. The molecule has 5 rings (SSSR count). The number of rotatable bonds is 9. The van der Waals surface area contributed by atoms with Crippen molar-refractivity contribution in [1.82, 2.24) is 0 Å². The second kappa shape index (κ2) is 16.9. The van der Waals surface area contributed by atoms with E-state index >= 15 is 0 Å². The fourth-order valence-electron chi connectivity index (χ4n) is 4.36. The number of ketones is 3. The molecule has 0 heterocycles. The van der Waals surface area contributed by atoms with Gasteiger partial charge in [-0.3, -0.25) is 14.4 Å². The maximum atomic E-state index is 12.3. The standard InChI is InChI=1S/C15H10O2.C14H12O2.C8H18O/c1-9-6-7-12-13(8-9)15(17)11-5-3-2-4-10(11)14(12)16;15-13(11-7-3-1-4-8-11)14(16)12-9-5-2-6-10-12;1-3-5-7-9-8-6-4-2/h2-8H,1H3;1-10,13,15H;3-8H2,1-2H3. The molecule has 4 aromatic rings. The highest BCUT2D eigenvalue weighted by molar-refractivity contribution is 6.28. The Morgan fingerprint density at radius 1 is 0.667 bits per heavy atom. The van der Waals surface area contributed by atoms with Crippen molar-refractivity contribution in [2.45, 2.75) is 52.6 Å². The Morgan fingerprint density at radius 2 is 1.14 bits per heavy atom. The average molecular weight is 565 g/mol. The Hall–Kier alpha value is -4.19. The van der Waals surface area contributed by atoms with Gasteiger partial charge in [-0.1, -0.05) is 129 Å². The summed E-state index contributed by atoms with van der Waals surface area (Å²) in [6.07, 6.45) is 3.83. The zero-order valence-electron chi connectivity index (χ0n) is 24.7. The van der Waals surface area contributed by atoms with Gasteiger partial charge >= 0.3 is 0 Å². The number of unbranched alkanes of at least 4 members (excludes halogenated alkanes) is 2. The van der Waals surface area contributed by atoms with Crippen LogP contribution in [0.15, 0.2) is 103 Å². The SMILES string of the molecule is CCCCOCCCC.Cc1ccc2c(c1)C(=O)c1ccccc1C2=O.O=C(c1ccccc1)C(O)c1ccccc1. The van der Waals surface area contributed by atoms with Crippen LogP contribution in [0.2, 0.25) is 0 Å². The minimum Gasteiger partial charge on any atom is -0.381 e. The van der Waals surface area contributed by atoms with E-state index in [9.17, 15) is 19.5 Å². The predicted molar refractivity (Wildman–Crippen MR) is 167 cm³/mol. The fraction of sp³-hybridized carbons (Fsp3) is 0.270. The molecule has 5 nitrogen and oxygen atoms in total. The topological polar surface area (TPSA) is 80.7 Å². The van der Waals surface area contributed by atoms with Crippen LogP contribution in [0.25, 0.3) is 0 Å². The van der Waals surface area contributed by atoms with Gasteiger partial charge in [-0.25, -0.2) is 0 Å². The van der Waals surface area contributed by atoms with Crippen LogP contribution in [0.4, 0.5) is 0 Å². The van der Waals surface area contributed by atoms with Gasteiger partial charge in [-0.05, 0) is 31.4 Å². The van der Waals surface area contributed by atoms with Crippen molar-refractivity contribution in [3.63, 3.8) is 0 Å². The lowest BCUT2D eigenvalue weighted by molar-refractivity contribution is 0.0747. The summed E-state index contributed by atoms with van der Waals surface area (Å²) < 4.78 is 5.31. The second-order valence-electron chi connectivity index (χ2n) is 10.1. The Kier molecular flexibility index (Phi) is 13.0. The number of carbonyl (C=O) groups excluding carboxylic acids is 3. The third-order valence-corrected chi connectivity index (χ3v) is 6.79. The van der Waals surface area contributed by atoms with E-state index in [1.807, 2.05) is 25.1 Å². The van der Waals surface area contributed by atoms with Crippen LogP contribution in [0.3, 0.4) is 0 Å². The maximum Gasteiger partial charge on any atom is 0.195 e. The number of fused-ring (bicyclic) bond motifs is 2. The number of ether oxygens (including phenoxy) is 1. The van der Waals surface area contributed by atoms with E-state index in [0.717, 1.165) is 18.8 Å². The molecule has 0 amide bonds. The van der Waals surface area contributed by atoms with Gasteiger partial charge in [0.15, 0.2) is 17.3 Å². The molecule has 1 aliphatic carbocycles. The molecule has 0 saturated carbocycles. The lowest BCUT2D eigenvalue weighted by Gasteiger charge is -2.17. The number of hydrogen-bond donors (Lipinski definition) is 1. The first-order valence-electron chi connectivity index (χ1n) is 14.6. The summed E-state index contributed by atoms with van der Waals surface area (Å²) in [5, 5.41) is 9.89. The van der Waals surface area contributed by atoms with Crippen LogP contribution in [0, 0.1) is 6.92 Å². The Labute approximate surface area is 249 Å². The molecule has 1 N–H and O–H groups in total. The molecule has 0 spiro atoms. The van der Waals surface area contributed by atoms with E-state index in [0.29, 0.717) is 33.4 Å². The normalized spacial score (nSPS) is 12.1. The van der Waals surface area contributed by atoms with Gasteiger partial charge in [-0.15, -0.1) is 0 Å². The van der Waals surface area contributed by atoms with Crippen molar-refractivity contribution in [3.05, 3.63) is 142 Å². The molecule has 0 fully saturated rings. The van der Waals surface area contributed by atoms with Crippen LogP contribution in [0.1, 0.15) is 99.0 Å². The molecule has 0 radical (unpaired) electrons. The number of aliphatic hydroxyl groups is 1. The molecule has 5 heteroatoms. The van der Waals surface area contributed by atoms with Gasteiger partial charge < -0.3 is 9.84 Å². The monoisotopic (exact) mass is 564 g/mol. The van der Waals surface area contributed by atoms with Crippen molar-refractivity contribution in [2.75, 3.05) is 13.2 Å². The minimum atomic E-state index is -1.08. The first-order chi connectivity index (χ1) is 20.4. The highest BCUT2D eigenvalue weighted by Gasteiger charge is 2.28. The molecule has 1 unspecified atom stereocenters. The first-order valence-corrected chi connectivity index (χ1v) is 14.6. The Morgan fingerprint density at radius 3 is 1.69 bits per heavy atom. The summed E-state index contributed by atoms with van der Waals surface area (Å²) in [5.41, 5.74) is 4.19. The number of hydrogen-bond acceptors (Lipinski definition) is 5. The summed E-state index contributed by atoms with van der Waals surface area (Å²) in [6, 6.07) is 30.1. The maximum absolute atomic E-state index is 12.3. The molecular weight excluding hydrogens is 524 g/mol. The highest BCUT2D eigenvalue weighted by atomic mass is 16.5. The van der Waals surface area contributed by atoms with Gasteiger partial charge in [0, 0.05) is 41.0 Å². The number of aliphatic hydroxyl groups excluding tert-OH is 1. The number of benzene rings is 4. The van der Waals surface area contributed by atoms with Crippen LogP contribution in [0.5, 0.6) is 0 Å². The van der Waals surface area contributed by atoms with Crippen molar-refractivity contribution in [1.29, 1.82) is 0 Å². The Bertz CT molecular complexity index is 1440. The van der Waals surface area contributed by atoms with Gasteiger partial charge in [0.2, 0.25) is 0 Å². The minimum absolute atomic E-state index is 0.0566. The summed E-state index contributed by atoms with van der Waals surface area (Å²) in [6.45, 7) is 8.19. The first kappa shape index (κ1) is 32.3. The number of Topliss-reactive ketones (excluding diaryl/α,β-unsaturated/α-hetero) is 1. The summed E-state index contributed by atoms with van der Waals surface area (Å²) >= 11 is 0. The molecule has 42 heavy (non-hydrogen) atoms. The third-order valence-electron chi connectivity index (χ3n) is 6.79. The molecule has 1 aliphatic rings. The van der Waals surface area contributed by atoms with Crippen LogP contribution in [-0.4, -0.2) is 35.7 Å². The van der Waals surface area contributed by atoms with E-state index in [2.05, 4.69) is 13.8 Å². The predicted octanol–water partition coefficient (Wildman–Crippen LogP) is 7.98. The van der Waals surface area contributed by atoms with Gasteiger partial charge in [0.1, 0.15) is 6.10 Å². The van der Waals surface area contributed by atoms with Crippen LogP contribution >= 0.6 is 0 Å². The lowest BCUT2D eigenvalue weighted by Crippen LogP contribution is -2.20. The summed E-state index contributed by atoms with van der Waals surface area (Å²) in [4.78, 5) is 36.4. The van der Waals surface area contributed by atoms with E-state index in [1.165, 1.54) is 25.7 Å². The molecule has 1 atom stereocenters. The summed E-state index contributed by atoms with van der Waals surface area (Å²) in [5.74, 6) is -0.388. The van der Waals surface area contributed by atoms with Crippen molar-refractivity contribution >= 4 is 17.3 Å². The smallest absolute Gasteiger partial charge is 0.195 e. The highest BCUT2D eigenvalue weighted by Crippen LogP contribution is 2.27. The van der Waals surface area contributed by atoms with Crippen LogP contribution in [-0.2, 0) is 4.74 Å². The Balaban J connectivity index is 0.000000182. The number of aryl methyl sites for hydroxylation is 1. The quantitative estimate of drug-likeness (QED) is 0.145. The summed E-state index contributed by atoms with van der Waals surface area (Å²) in [7, 11) is 0. The fourth-order valence-corrected chi connectivity index (χ4v) is 4.36. The second-order valence-corrected chi connectivity index (χ2v) is 10.1. The van der Waals surface area contributed by atoms with E-state index in [-0.39, 0.29) is 17.3 Å². The zero-order valence-corrected chi connectivity index (χ0v) is 24.7. The van der Waals surface area contributed by atoms with E-state index in [1.54, 1.807) is 84.9 Å². The van der Waals surface area contributed by atoms with Crippen LogP contribution < -0.4 is 0 Å². The van der Waals surface area contributed by atoms with Gasteiger partial charge in [0.05, 0.1) is 0 Å². The third kappa shape index (κ3) is 8.90. The lowest BCUT2D eigenvalue weighted by atomic mass is 9.83. The molecule has 218 valence electrons. The molecule has 0 aromatic heterocycles. The molecule has 0 bridgehead atoms. The van der Waals surface area contributed by atoms with Gasteiger partial charge in [0.25, 0.3) is 0 Å². The van der Waals surface area contributed by atoms with E-state index in [4.69, 9.17) is 4.74 Å². The van der Waals surface area contributed by atoms with E-state index < -0.39 is 6.10 Å².